The van der Waals surface area contributed by atoms with Crippen molar-refractivity contribution in [1.82, 2.24) is 42.1 Å². The molecule has 2 saturated heterocycles. The molecule has 6 rings (SSSR count). The lowest BCUT2D eigenvalue weighted by atomic mass is 9.92. The number of nitrogens with zero attached hydrogens (tertiary/aromatic N) is 3. The molecule has 21 N–H and O–H groups in total. The van der Waals surface area contributed by atoms with E-state index in [0.29, 0.717) is 5.56 Å². The maximum absolute atomic E-state index is 14.7. The van der Waals surface area contributed by atoms with E-state index in [4.69, 9.17) is 21.9 Å². The molecule has 15 unspecified atom stereocenters. The standard InChI is InChI=1S/C42H59N13O15/c1-16(18-5-3-2-4-6-18)27-37(67)49-20(10-17-7-8-24(58)19(43)9-17)36(66)53-28(30(60)21-11-47-41(44)51-21)39(69)54-29(38(68)50-22(14-56)35(65)46-13-26(59)52-27)31(61)23-12-48-42(45)55(23)40-34(64)33(63)32(62)25(15-57)70-40/h2-9,16,20-23,25,27-34,40,56-58,60-64H,10-15,43H2,1H3,(H2,45,48)(H,46,65)(H,49,67)(H,50,68)(H,52,59)(H,53,66)(H,54,69)(H3,44,47,51). The number of hydrogen-bond acceptors (Lipinski definition) is 22. The number of anilines is 1. The second-order valence-corrected chi connectivity index (χ2v) is 17.2. The highest BCUT2D eigenvalue weighted by Gasteiger charge is 2.52. The minimum absolute atomic E-state index is 0.0993. The van der Waals surface area contributed by atoms with Crippen LogP contribution in [0.3, 0.4) is 0 Å². The second kappa shape index (κ2) is 22.7. The molecule has 2 fully saturated rings. The van der Waals surface area contributed by atoms with E-state index in [0.717, 1.165) is 4.90 Å². The Hall–Kier alpha value is -6.92. The molecule has 6 amide bonds. The van der Waals surface area contributed by atoms with Gasteiger partial charge in [0.25, 0.3) is 0 Å². The van der Waals surface area contributed by atoms with Crippen LogP contribution in [0.5, 0.6) is 5.75 Å². The lowest BCUT2D eigenvalue weighted by Crippen LogP contribution is -2.70. The number of nitrogens with one attached hydrogen (secondary N) is 7. The summed E-state index contributed by atoms with van der Waals surface area (Å²) in [7, 11) is 0. The van der Waals surface area contributed by atoms with Crippen molar-refractivity contribution in [3.63, 3.8) is 0 Å². The zero-order valence-corrected chi connectivity index (χ0v) is 37.5. The number of phenolic OH excluding ortho intramolecular Hbond substituents is 1. The van der Waals surface area contributed by atoms with Gasteiger partial charge in [0, 0.05) is 12.3 Å². The van der Waals surface area contributed by atoms with Crippen LogP contribution in [0.15, 0.2) is 58.5 Å². The molecule has 0 bridgehead atoms. The molecule has 0 saturated carbocycles. The van der Waals surface area contributed by atoms with Crippen LogP contribution in [0.1, 0.15) is 24.0 Å². The molecule has 28 nitrogen and oxygen atoms in total. The van der Waals surface area contributed by atoms with Gasteiger partial charge in [0.1, 0.15) is 72.6 Å². The number of phenols is 1. The minimum atomic E-state index is -2.27. The van der Waals surface area contributed by atoms with Crippen molar-refractivity contribution in [1.29, 1.82) is 0 Å². The van der Waals surface area contributed by atoms with Gasteiger partial charge in [0.15, 0.2) is 18.1 Å². The van der Waals surface area contributed by atoms with Crippen LogP contribution < -0.4 is 54.4 Å². The number of hydrogen-bond donors (Lipinski definition) is 18. The molecule has 382 valence electrons. The normalized spacial score (nSPS) is 32.0. The summed E-state index contributed by atoms with van der Waals surface area (Å²) in [6.07, 6.45) is -13.6. The molecule has 2 aromatic carbocycles. The van der Waals surface area contributed by atoms with Crippen molar-refractivity contribution in [3.8, 4) is 5.75 Å². The molecule has 4 aliphatic rings. The van der Waals surface area contributed by atoms with Gasteiger partial charge in [0.2, 0.25) is 35.4 Å². The Morgan fingerprint density at radius 3 is 2.00 bits per heavy atom. The Bertz CT molecular complexity index is 2310. The highest BCUT2D eigenvalue weighted by molar-refractivity contribution is 5.98. The number of aliphatic hydroxyl groups excluding tert-OH is 7. The smallest absolute Gasteiger partial charge is 0.246 e. The molecular formula is C42H59N13O15. The number of aromatic hydroxyl groups is 1. The second-order valence-electron chi connectivity index (χ2n) is 17.2. The summed E-state index contributed by atoms with van der Waals surface area (Å²) in [5.41, 5.74) is 18.7. The molecule has 70 heavy (non-hydrogen) atoms. The van der Waals surface area contributed by atoms with Crippen molar-refractivity contribution >= 4 is 53.0 Å². The number of aliphatic hydroxyl groups is 7. The largest absolute Gasteiger partial charge is 0.506 e. The first-order chi connectivity index (χ1) is 33.2. The fourth-order valence-corrected chi connectivity index (χ4v) is 8.44. The topological polar surface area (TPSA) is 464 Å². The van der Waals surface area contributed by atoms with E-state index in [2.05, 4.69) is 47.2 Å². The fourth-order valence-electron chi connectivity index (χ4n) is 8.44. The van der Waals surface area contributed by atoms with Crippen molar-refractivity contribution < 1.29 is 74.4 Å². The fraction of sp³-hybridized carbons (Fsp3) is 0.524. The minimum Gasteiger partial charge on any atom is -0.506 e. The third kappa shape index (κ3) is 11.7. The number of ether oxygens (including phenoxy) is 1. The van der Waals surface area contributed by atoms with Gasteiger partial charge in [-0.05, 0) is 23.3 Å². The highest BCUT2D eigenvalue weighted by atomic mass is 16.6. The van der Waals surface area contributed by atoms with Crippen molar-refractivity contribution in [2.24, 2.45) is 21.5 Å². The SMILES string of the molecule is CC(c1ccccc1)C1NC(=O)CNC(=O)C(CO)NC(=O)C(C(O)C2CN=C(N)N2C2OC(CO)C(O)C(O)C2O)NC(=O)C(C(O)C2CN=C(N)N2)NC(=O)C(Cc2ccc(O)c(N)c2)NC1=O. The molecule has 2 aromatic rings. The van der Waals surface area contributed by atoms with Crippen LogP contribution in [0.2, 0.25) is 0 Å². The number of carbonyl (C=O) groups is 6. The van der Waals surface area contributed by atoms with E-state index in [1.54, 1.807) is 37.3 Å². The summed E-state index contributed by atoms with van der Waals surface area (Å²) in [6, 6.07) is 0.223. The molecule has 0 aromatic heterocycles. The Balaban J connectivity index is 1.42. The number of nitrogens with two attached hydrogens (primary N) is 3. The number of benzene rings is 2. The predicted molar refractivity (Wildman–Crippen MR) is 242 cm³/mol. The third-order valence-corrected chi connectivity index (χ3v) is 12.5. The van der Waals surface area contributed by atoms with E-state index in [9.17, 15) is 69.6 Å². The first-order valence-electron chi connectivity index (χ1n) is 22.1. The third-order valence-electron chi connectivity index (χ3n) is 12.5. The average Bonchev–Trinajstić information content (AvgIpc) is 3.96. The lowest BCUT2D eigenvalue weighted by molar-refractivity contribution is -0.260. The van der Waals surface area contributed by atoms with E-state index in [-0.39, 0.29) is 35.9 Å². The van der Waals surface area contributed by atoms with Gasteiger partial charge in [-0.1, -0.05) is 43.3 Å². The quantitative estimate of drug-likeness (QED) is 0.0734. The number of carbonyl (C=O) groups excluding carboxylic acids is 6. The highest BCUT2D eigenvalue weighted by Crippen LogP contribution is 2.29. The van der Waals surface area contributed by atoms with Gasteiger partial charge >= 0.3 is 0 Å². The average molecular weight is 986 g/mol. The van der Waals surface area contributed by atoms with Crippen LogP contribution in [-0.4, -0.2) is 211 Å². The summed E-state index contributed by atoms with van der Waals surface area (Å²) >= 11 is 0. The van der Waals surface area contributed by atoms with Gasteiger partial charge in [-0.3, -0.25) is 38.8 Å². The zero-order valence-electron chi connectivity index (χ0n) is 37.5. The van der Waals surface area contributed by atoms with Crippen LogP contribution in [0, 0.1) is 0 Å². The van der Waals surface area contributed by atoms with E-state index < -0.39 is 159 Å². The lowest BCUT2D eigenvalue weighted by Gasteiger charge is -2.46. The summed E-state index contributed by atoms with van der Waals surface area (Å²) in [5.74, 6) is -8.63. The van der Waals surface area contributed by atoms with Crippen LogP contribution in [0.4, 0.5) is 5.69 Å². The summed E-state index contributed by atoms with van der Waals surface area (Å²) in [4.78, 5) is 94.3. The number of rotatable bonds is 11. The van der Waals surface area contributed by atoms with Crippen LogP contribution >= 0.6 is 0 Å². The summed E-state index contributed by atoms with van der Waals surface area (Å²) < 4.78 is 5.66. The number of amides is 6. The van der Waals surface area contributed by atoms with E-state index in [1.165, 1.54) is 18.2 Å². The number of guanidine groups is 2. The first-order valence-corrected chi connectivity index (χ1v) is 22.1. The van der Waals surface area contributed by atoms with Gasteiger partial charge in [0.05, 0.1) is 50.6 Å². The Labute approximate surface area is 398 Å². The number of nitrogen functional groups attached to an aromatic ring is 1. The maximum Gasteiger partial charge on any atom is 0.246 e. The van der Waals surface area contributed by atoms with Gasteiger partial charge in [-0.2, -0.15) is 0 Å². The Morgan fingerprint density at radius 1 is 0.714 bits per heavy atom. The number of aliphatic imine (C=N–C) groups is 2. The van der Waals surface area contributed by atoms with Crippen LogP contribution in [-0.2, 0) is 39.9 Å². The van der Waals surface area contributed by atoms with E-state index >= 15 is 0 Å². The van der Waals surface area contributed by atoms with Gasteiger partial charge < -0.3 is 105 Å². The Kier molecular flexibility index (Phi) is 17.0. The monoisotopic (exact) mass is 985 g/mol. The molecule has 4 heterocycles. The van der Waals surface area contributed by atoms with Crippen LogP contribution in [0.25, 0.3) is 0 Å². The molecule has 28 heteroatoms. The zero-order chi connectivity index (χ0) is 51.1. The molecule has 0 spiro atoms. The first kappa shape index (κ1) is 52.5. The van der Waals surface area contributed by atoms with Crippen molar-refractivity contribution in [3.05, 3.63) is 59.7 Å². The summed E-state index contributed by atoms with van der Waals surface area (Å²) in [5, 5.41) is 103. The molecular weight excluding hydrogens is 927 g/mol. The molecule has 4 aliphatic heterocycles. The Morgan fingerprint density at radius 2 is 1.36 bits per heavy atom. The summed E-state index contributed by atoms with van der Waals surface area (Å²) in [6.45, 7) is -1.95. The maximum atomic E-state index is 14.7. The van der Waals surface area contributed by atoms with Gasteiger partial charge in [-0.15, -0.1) is 0 Å². The van der Waals surface area contributed by atoms with Crippen molar-refractivity contribution in [2.45, 2.75) is 104 Å². The molecule has 0 aliphatic carbocycles. The van der Waals surface area contributed by atoms with E-state index in [1.807, 2.05) is 0 Å². The predicted octanol–water partition coefficient (Wildman–Crippen LogP) is -9.33. The van der Waals surface area contributed by atoms with Crippen molar-refractivity contribution in [2.75, 3.05) is 38.6 Å². The molecule has 15 atom stereocenters. The molecule has 0 radical (unpaired) electrons. The van der Waals surface area contributed by atoms with Gasteiger partial charge in [-0.25, -0.2) is 0 Å².